The van der Waals surface area contributed by atoms with Crippen LogP contribution in [-0.4, -0.2) is 24.1 Å². The smallest absolute Gasteiger partial charge is 0.341 e. The van der Waals surface area contributed by atoms with Gasteiger partial charge >= 0.3 is 5.97 Å². The number of fused-ring (bicyclic) bond motifs is 1. The van der Waals surface area contributed by atoms with Gasteiger partial charge in [-0.1, -0.05) is 23.2 Å². The van der Waals surface area contributed by atoms with Crippen LogP contribution in [0.3, 0.4) is 0 Å². The first-order chi connectivity index (χ1) is 13.8. The first kappa shape index (κ1) is 21.9. The van der Waals surface area contributed by atoms with Gasteiger partial charge in [0.05, 0.1) is 16.7 Å². The molecule has 2 aromatic rings. The molecular weight excluding hydrogens is 433 g/mol. The number of hydrogen-bond donors (Lipinski definition) is 1. The van der Waals surface area contributed by atoms with Gasteiger partial charge in [0, 0.05) is 9.90 Å². The number of ether oxygens (including phenoxy) is 2. The van der Waals surface area contributed by atoms with Gasteiger partial charge in [-0.3, -0.25) is 4.79 Å². The Morgan fingerprint density at radius 2 is 1.86 bits per heavy atom. The second-order valence-electron chi connectivity index (χ2n) is 7.19. The van der Waals surface area contributed by atoms with Gasteiger partial charge in [0.15, 0.2) is 6.10 Å². The van der Waals surface area contributed by atoms with Gasteiger partial charge in [-0.2, -0.15) is 0 Å². The van der Waals surface area contributed by atoms with Crippen LogP contribution in [0, 0.1) is 0 Å². The van der Waals surface area contributed by atoms with Crippen molar-refractivity contribution in [3.8, 4) is 5.75 Å². The summed E-state index contributed by atoms with van der Waals surface area (Å²) in [5.74, 6) is -0.402. The number of carbonyl (C=O) groups excluding carboxylic acids is 2. The minimum Gasteiger partial charge on any atom is -0.479 e. The summed E-state index contributed by atoms with van der Waals surface area (Å²) in [6, 6.07) is 4.81. The Morgan fingerprint density at radius 1 is 1.14 bits per heavy atom. The predicted octanol–water partition coefficient (Wildman–Crippen LogP) is 5.90. The number of rotatable bonds is 6. The second kappa shape index (κ2) is 9.37. The van der Waals surface area contributed by atoms with E-state index in [1.54, 1.807) is 39.0 Å². The Balaban J connectivity index is 1.80. The van der Waals surface area contributed by atoms with E-state index in [9.17, 15) is 9.59 Å². The van der Waals surface area contributed by atoms with Gasteiger partial charge in [-0.05, 0) is 70.2 Å². The maximum absolute atomic E-state index is 12.8. The highest BCUT2D eigenvalue weighted by Crippen LogP contribution is 2.39. The van der Waals surface area contributed by atoms with Gasteiger partial charge in [0.1, 0.15) is 10.8 Å². The van der Waals surface area contributed by atoms with Gasteiger partial charge < -0.3 is 14.8 Å². The fourth-order valence-electron chi connectivity index (χ4n) is 3.17. The summed E-state index contributed by atoms with van der Waals surface area (Å²) in [5.41, 5.74) is 1.47. The highest BCUT2D eigenvalue weighted by molar-refractivity contribution is 7.17. The monoisotopic (exact) mass is 455 g/mol. The van der Waals surface area contributed by atoms with Crippen molar-refractivity contribution in [2.45, 2.75) is 58.7 Å². The molecule has 0 fully saturated rings. The summed E-state index contributed by atoms with van der Waals surface area (Å²) < 4.78 is 11.1. The summed E-state index contributed by atoms with van der Waals surface area (Å²) in [6.45, 7) is 5.24. The zero-order valence-electron chi connectivity index (χ0n) is 16.5. The molecule has 1 aliphatic rings. The van der Waals surface area contributed by atoms with Crippen LogP contribution in [0.1, 0.15) is 54.4 Å². The summed E-state index contributed by atoms with van der Waals surface area (Å²) >= 11 is 13.5. The number of esters is 1. The van der Waals surface area contributed by atoms with E-state index >= 15 is 0 Å². The van der Waals surface area contributed by atoms with Crippen molar-refractivity contribution in [2.24, 2.45) is 0 Å². The first-order valence-electron chi connectivity index (χ1n) is 9.54. The van der Waals surface area contributed by atoms with Crippen LogP contribution in [0.15, 0.2) is 18.2 Å². The number of halogens is 2. The van der Waals surface area contributed by atoms with Crippen LogP contribution in [0.2, 0.25) is 10.0 Å². The van der Waals surface area contributed by atoms with Crippen LogP contribution in [0.25, 0.3) is 0 Å². The zero-order valence-corrected chi connectivity index (χ0v) is 18.8. The first-order valence-corrected chi connectivity index (χ1v) is 11.1. The topological polar surface area (TPSA) is 64.6 Å². The van der Waals surface area contributed by atoms with Crippen molar-refractivity contribution in [2.75, 3.05) is 5.32 Å². The highest BCUT2D eigenvalue weighted by Gasteiger charge is 2.29. The second-order valence-corrected chi connectivity index (χ2v) is 9.14. The van der Waals surface area contributed by atoms with Gasteiger partial charge in [-0.15, -0.1) is 11.3 Å². The molecule has 0 saturated heterocycles. The van der Waals surface area contributed by atoms with E-state index in [-0.39, 0.29) is 12.0 Å². The predicted molar refractivity (Wildman–Crippen MR) is 117 cm³/mol. The van der Waals surface area contributed by atoms with Crippen molar-refractivity contribution in [3.05, 3.63) is 44.2 Å². The summed E-state index contributed by atoms with van der Waals surface area (Å²) in [5, 5.41) is 4.18. The molecule has 1 heterocycles. The number of carbonyl (C=O) groups is 2. The van der Waals surface area contributed by atoms with E-state index in [4.69, 9.17) is 32.7 Å². The maximum Gasteiger partial charge on any atom is 0.341 e. The molecule has 0 bridgehead atoms. The average molecular weight is 456 g/mol. The van der Waals surface area contributed by atoms with Crippen molar-refractivity contribution < 1.29 is 19.1 Å². The number of nitrogens with one attached hydrogen (secondary N) is 1. The van der Waals surface area contributed by atoms with E-state index < -0.39 is 12.1 Å². The molecular formula is C21H23Cl2NO4S. The van der Waals surface area contributed by atoms with E-state index in [0.29, 0.717) is 26.4 Å². The SMILES string of the molecule is CC(C)OC(=O)c1c(NC(=O)C(C)Oc2ccc(Cl)cc2Cl)sc2c1CCCC2. The van der Waals surface area contributed by atoms with E-state index in [0.717, 1.165) is 36.1 Å². The molecule has 5 nitrogen and oxygen atoms in total. The molecule has 0 aliphatic heterocycles. The van der Waals surface area contributed by atoms with Crippen molar-refractivity contribution in [1.29, 1.82) is 0 Å². The molecule has 1 aromatic heterocycles. The maximum atomic E-state index is 12.8. The molecule has 8 heteroatoms. The molecule has 1 amide bonds. The van der Waals surface area contributed by atoms with Crippen molar-refractivity contribution >= 4 is 51.4 Å². The Hall–Kier alpha value is -1.76. The lowest BCUT2D eigenvalue weighted by Crippen LogP contribution is -2.30. The molecule has 0 saturated carbocycles. The van der Waals surface area contributed by atoms with E-state index in [1.165, 1.54) is 11.3 Å². The third-order valence-electron chi connectivity index (χ3n) is 4.52. The third kappa shape index (κ3) is 5.24. The summed E-state index contributed by atoms with van der Waals surface area (Å²) in [6.07, 6.45) is 2.77. The molecule has 156 valence electrons. The molecule has 1 atom stereocenters. The molecule has 0 radical (unpaired) electrons. The van der Waals surface area contributed by atoms with Crippen LogP contribution in [0.4, 0.5) is 5.00 Å². The Bertz CT molecular complexity index is 926. The van der Waals surface area contributed by atoms with Crippen molar-refractivity contribution in [1.82, 2.24) is 0 Å². The van der Waals surface area contributed by atoms with Crippen molar-refractivity contribution in [3.63, 3.8) is 0 Å². The zero-order chi connectivity index (χ0) is 21.1. The highest BCUT2D eigenvalue weighted by atomic mass is 35.5. The number of thiophene rings is 1. The number of hydrogen-bond acceptors (Lipinski definition) is 5. The van der Waals surface area contributed by atoms with Crippen LogP contribution in [0.5, 0.6) is 5.75 Å². The minimum atomic E-state index is -0.818. The normalized spacial score (nSPS) is 14.3. The van der Waals surface area contributed by atoms with Crippen LogP contribution < -0.4 is 10.1 Å². The van der Waals surface area contributed by atoms with E-state index in [1.807, 2.05) is 0 Å². The minimum absolute atomic E-state index is 0.237. The summed E-state index contributed by atoms with van der Waals surface area (Å²) in [7, 11) is 0. The van der Waals surface area contributed by atoms with Gasteiger partial charge in [-0.25, -0.2) is 4.79 Å². The Kier molecular flexibility index (Phi) is 7.09. The fourth-order valence-corrected chi connectivity index (χ4v) is 4.90. The molecule has 3 rings (SSSR count). The van der Waals surface area contributed by atoms with Crippen LogP contribution in [-0.2, 0) is 22.4 Å². The largest absolute Gasteiger partial charge is 0.479 e. The third-order valence-corrected chi connectivity index (χ3v) is 6.26. The van der Waals surface area contributed by atoms with Gasteiger partial charge in [0.2, 0.25) is 0 Å². The quantitative estimate of drug-likeness (QED) is 0.550. The Morgan fingerprint density at radius 3 is 2.55 bits per heavy atom. The number of anilines is 1. The molecule has 29 heavy (non-hydrogen) atoms. The number of aryl methyl sites for hydroxylation is 1. The summed E-state index contributed by atoms with van der Waals surface area (Å²) in [4.78, 5) is 26.6. The molecule has 0 spiro atoms. The fraction of sp³-hybridized carbons (Fsp3) is 0.429. The number of amides is 1. The standard InChI is InChI=1S/C21H23Cl2NO4S/c1-11(2)27-21(26)18-14-6-4-5-7-17(14)29-20(18)24-19(25)12(3)28-16-9-8-13(22)10-15(16)23/h8-12H,4-7H2,1-3H3,(H,24,25). The molecule has 1 N–H and O–H groups in total. The average Bonchev–Trinajstić information content (AvgIpc) is 3.01. The van der Waals surface area contributed by atoms with E-state index in [2.05, 4.69) is 5.32 Å². The molecule has 1 aliphatic carbocycles. The molecule has 1 aromatic carbocycles. The van der Waals surface area contributed by atoms with Gasteiger partial charge in [0.25, 0.3) is 5.91 Å². The lowest BCUT2D eigenvalue weighted by molar-refractivity contribution is -0.122. The lowest BCUT2D eigenvalue weighted by Gasteiger charge is -2.16. The Labute approximate surface area is 184 Å². The molecule has 1 unspecified atom stereocenters. The van der Waals surface area contributed by atoms with Crippen LogP contribution >= 0.6 is 34.5 Å². The number of benzene rings is 1. The lowest BCUT2D eigenvalue weighted by atomic mass is 9.95.